The Morgan fingerprint density at radius 1 is 1.10 bits per heavy atom. The van der Waals surface area contributed by atoms with Crippen LogP contribution >= 0.6 is 0 Å². The molecule has 0 fully saturated rings. The molecular formula is C16H21NO2S. The number of unbranched alkanes of at least 4 members (excludes halogenated alkanes) is 1. The van der Waals surface area contributed by atoms with E-state index in [2.05, 4.69) is 10.8 Å². The van der Waals surface area contributed by atoms with Gasteiger partial charge >= 0.3 is 0 Å². The molecule has 108 valence electrons. The third-order valence-electron chi connectivity index (χ3n) is 3.40. The standard InChI is InChI=1S/C16H21NO2S/c1-3-4-11-20(18,19)17-13(2)15-10-9-14-7-5-6-8-16(14)12-15/h5-10,12-13,17H,3-4,11H2,1-2H3/t13-/m1/s1. The van der Waals surface area contributed by atoms with Crippen LogP contribution in [0.2, 0.25) is 0 Å². The van der Waals surface area contributed by atoms with Crippen LogP contribution < -0.4 is 4.72 Å². The maximum Gasteiger partial charge on any atom is 0.212 e. The van der Waals surface area contributed by atoms with E-state index in [-0.39, 0.29) is 11.8 Å². The average molecular weight is 291 g/mol. The first-order chi connectivity index (χ1) is 9.52. The molecule has 0 unspecified atom stereocenters. The normalized spacial score (nSPS) is 13.5. The Balaban J connectivity index is 2.16. The zero-order chi connectivity index (χ0) is 14.6. The number of hydrogen-bond acceptors (Lipinski definition) is 2. The molecule has 2 rings (SSSR count). The van der Waals surface area contributed by atoms with Gasteiger partial charge in [-0.2, -0.15) is 0 Å². The number of hydrogen-bond donors (Lipinski definition) is 1. The number of nitrogens with one attached hydrogen (secondary N) is 1. The van der Waals surface area contributed by atoms with E-state index in [0.717, 1.165) is 22.8 Å². The average Bonchev–Trinajstić information content (AvgIpc) is 2.44. The fourth-order valence-electron chi connectivity index (χ4n) is 2.21. The van der Waals surface area contributed by atoms with Gasteiger partial charge in [0.1, 0.15) is 0 Å². The van der Waals surface area contributed by atoms with E-state index in [1.807, 2.05) is 50.2 Å². The van der Waals surface area contributed by atoms with Gasteiger partial charge in [0.05, 0.1) is 5.75 Å². The summed E-state index contributed by atoms with van der Waals surface area (Å²) in [6.07, 6.45) is 1.57. The number of fused-ring (bicyclic) bond motifs is 1. The van der Waals surface area contributed by atoms with E-state index >= 15 is 0 Å². The van der Waals surface area contributed by atoms with Gasteiger partial charge in [-0.25, -0.2) is 13.1 Å². The van der Waals surface area contributed by atoms with Gasteiger partial charge in [0.2, 0.25) is 10.0 Å². The van der Waals surface area contributed by atoms with Crippen LogP contribution in [0.4, 0.5) is 0 Å². The molecule has 1 N–H and O–H groups in total. The summed E-state index contributed by atoms with van der Waals surface area (Å²) in [4.78, 5) is 0. The lowest BCUT2D eigenvalue weighted by Gasteiger charge is -2.15. The van der Waals surface area contributed by atoms with Gasteiger partial charge in [0.25, 0.3) is 0 Å². The monoisotopic (exact) mass is 291 g/mol. The molecule has 0 aliphatic heterocycles. The van der Waals surface area contributed by atoms with Crippen LogP contribution in [0.3, 0.4) is 0 Å². The summed E-state index contributed by atoms with van der Waals surface area (Å²) in [7, 11) is -3.19. The first kappa shape index (κ1) is 15.0. The van der Waals surface area contributed by atoms with Crippen LogP contribution in [0.25, 0.3) is 10.8 Å². The molecule has 0 aromatic heterocycles. The van der Waals surface area contributed by atoms with E-state index in [4.69, 9.17) is 0 Å². The molecule has 0 amide bonds. The minimum atomic E-state index is -3.19. The van der Waals surface area contributed by atoms with E-state index in [1.54, 1.807) is 0 Å². The molecule has 0 saturated carbocycles. The van der Waals surface area contributed by atoms with Crippen LogP contribution in [0.5, 0.6) is 0 Å². The van der Waals surface area contributed by atoms with Crippen molar-refractivity contribution in [1.82, 2.24) is 4.72 Å². The lowest BCUT2D eigenvalue weighted by Crippen LogP contribution is -2.29. The zero-order valence-electron chi connectivity index (χ0n) is 12.0. The Kier molecular flexibility index (Phi) is 4.78. The van der Waals surface area contributed by atoms with E-state index in [9.17, 15) is 8.42 Å². The lowest BCUT2D eigenvalue weighted by molar-refractivity contribution is 0.564. The second-order valence-corrected chi connectivity index (χ2v) is 6.99. The second-order valence-electron chi connectivity index (χ2n) is 5.12. The van der Waals surface area contributed by atoms with Gasteiger partial charge in [-0.3, -0.25) is 0 Å². The van der Waals surface area contributed by atoms with Crippen molar-refractivity contribution in [2.45, 2.75) is 32.7 Å². The highest BCUT2D eigenvalue weighted by molar-refractivity contribution is 7.89. The quantitative estimate of drug-likeness (QED) is 0.883. The fourth-order valence-corrected chi connectivity index (χ4v) is 3.67. The molecule has 0 saturated heterocycles. The summed E-state index contributed by atoms with van der Waals surface area (Å²) in [5, 5.41) is 2.29. The Morgan fingerprint density at radius 3 is 2.50 bits per heavy atom. The highest BCUT2D eigenvalue weighted by atomic mass is 32.2. The van der Waals surface area contributed by atoms with Crippen molar-refractivity contribution >= 4 is 20.8 Å². The molecule has 0 spiro atoms. The maximum atomic E-state index is 11.9. The van der Waals surface area contributed by atoms with Crippen molar-refractivity contribution in [3.05, 3.63) is 48.0 Å². The number of benzene rings is 2. The van der Waals surface area contributed by atoms with E-state index < -0.39 is 10.0 Å². The van der Waals surface area contributed by atoms with Crippen molar-refractivity contribution < 1.29 is 8.42 Å². The highest BCUT2D eigenvalue weighted by Gasteiger charge is 2.15. The first-order valence-corrected chi connectivity index (χ1v) is 8.66. The van der Waals surface area contributed by atoms with Gasteiger partial charge in [-0.15, -0.1) is 0 Å². The molecule has 0 bridgehead atoms. The van der Waals surface area contributed by atoms with E-state index in [0.29, 0.717) is 6.42 Å². The maximum absolute atomic E-state index is 11.9. The summed E-state index contributed by atoms with van der Waals surface area (Å²) >= 11 is 0. The third-order valence-corrected chi connectivity index (χ3v) is 4.94. The van der Waals surface area contributed by atoms with Crippen LogP contribution in [0.1, 0.15) is 38.3 Å². The van der Waals surface area contributed by atoms with Gasteiger partial charge in [-0.1, -0.05) is 49.7 Å². The summed E-state index contributed by atoms with van der Waals surface area (Å²) in [6.45, 7) is 3.87. The minimum absolute atomic E-state index is 0.196. The molecule has 1 atom stereocenters. The SMILES string of the molecule is CCCCS(=O)(=O)N[C@H](C)c1ccc2ccccc2c1. The molecule has 0 radical (unpaired) electrons. The topological polar surface area (TPSA) is 46.2 Å². The molecule has 4 heteroatoms. The Hall–Kier alpha value is -1.39. The number of rotatable bonds is 6. The lowest BCUT2D eigenvalue weighted by atomic mass is 10.0. The molecule has 2 aromatic carbocycles. The van der Waals surface area contributed by atoms with Crippen molar-refractivity contribution in [1.29, 1.82) is 0 Å². The molecule has 0 aliphatic rings. The van der Waals surface area contributed by atoms with Crippen LogP contribution in [-0.4, -0.2) is 14.2 Å². The highest BCUT2D eigenvalue weighted by Crippen LogP contribution is 2.20. The minimum Gasteiger partial charge on any atom is -0.212 e. The molecule has 0 heterocycles. The van der Waals surface area contributed by atoms with Gasteiger partial charge in [-0.05, 0) is 35.7 Å². The largest absolute Gasteiger partial charge is 0.212 e. The van der Waals surface area contributed by atoms with Crippen LogP contribution in [-0.2, 0) is 10.0 Å². The summed E-state index contributed by atoms with van der Waals surface area (Å²) in [5.41, 5.74) is 0.990. The smallest absolute Gasteiger partial charge is 0.212 e. The zero-order valence-corrected chi connectivity index (χ0v) is 12.8. The van der Waals surface area contributed by atoms with Crippen molar-refractivity contribution in [2.75, 3.05) is 5.75 Å². The predicted molar refractivity (Wildman–Crippen MR) is 84.2 cm³/mol. The summed E-state index contributed by atoms with van der Waals surface area (Å²) < 4.78 is 26.6. The number of sulfonamides is 1. The van der Waals surface area contributed by atoms with Crippen LogP contribution in [0, 0.1) is 0 Å². The first-order valence-electron chi connectivity index (χ1n) is 7.00. The predicted octanol–water partition coefficient (Wildman–Crippen LogP) is 3.62. The Morgan fingerprint density at radius 2 is 1.80 bits per heavy atom. The molecular weight excluding hydrogens is 270 g/mol. The Labute approximate surface area is 121 Å². The van der Waals surface area contributed by atoms with Gasteiger partial charge in [0.15, 0.2) is 0 Å². The summed E-state index contributed by atoms with van der Waals surface area (Å²) in [6, 6.07) is 13.9. The van der Waals surface area contributed by atoms with Gasteiger partial charge in [0, 0.05) is 6.04 Å². The van der Waals surface area contributed by atoms with Crippen molar-refractivity contribution in [3.63, 3.8) is 0 Å². The molecule has 2 aromatic rings. The van der Waals surface area contributed by atoms with Gasteiger partial charge < -0.3 is 0 Å². The third kappa shape index (κ3) is 3.81. The summed E-state index contributed by atoms with van der Waals surface area (Å²) in [5.74, 6) is 0.196. The van der Waals surface area contributed by atoms with Crippen LogP contribution in [0.15, 0.2) is 42.5 Å². The van der Waals surface area contributed by atoms with E-state index in [1.165, 1.54) is 0 Å². The molecule has 20 heavy (non-hydrogen) atoms. The van der Waals surface area contributed by atoms with Crippen molar-refractivity contribution in [3.8, 4) is 0 Å². The van der Waals surface area contributed by atoms with Crippen molar-refractivity contribution in [2.24, 2.45) is 0 Å². The second kappa shape index (κ2) is 6.37. The Bertz CT molecular complexity index is 680. The molecule has 3 nitrogen and oxygen atoms in total. The molecule has 0 aliphatic carbocycles. The fraction of sp³-hybridized carbons (Fsp3) is 0.375.